The average Bonchev–Trinajstić information content (AvgIpc) is 2.34. The Morgan fingerprint density at radius 3 is 3.11 bits per heavy atom. The van der Waals surface area contributed by atoms with E-state index in [1.807, 2.05) is 0 Å². The van der Waals surface area contributed by atoms with E-state index in [-0.39, 0.29) is 0 Å². The van der Waals surface area contributed by atoms with Gasteiger partial charge in [0.15, 0.2) is 0 Å². The van der Waals surface area contributed by atoms with Crippen LogP contribution < -0.4 is 0 Å². The van der Waals surface area contributed by atoms with Gasteiger partial charge in [-0.05, 0) is 32.6 Å². The number of hydrogen-bond donors (Lipinski definition) is 0. The maximum atomic E-state index is 2.38. The van der Waals surface area contributed by atoms with Crippen LogP contribution >= 0.6 is 0 Å². The van der Waals surface area contributed by atoms with Gasteiger partial charge < -0.3 is 0 Å². The zero-order valence-electron chi connectivity index (χ0n) is 6.06. The van der Waals surface area contributed by atoms with Crippen molar-refractivity contribution in [2.24, 2.45) is 0 Å². The molecule has 0 bridgehead atoms. The molecular formula is C9H14. The fraction of sp³-hybridized carbons (Fsp3) is 0.556. The molecule has 1 aliphatic carbocycles. The van der Waals surface area contributed by atoms with Gasteiger partial charge in [0.2, 0.25) is 0 Å². The molecule has 9 heavy (non-hydrogen) atoms. The smallest absolute Gasteiger partial charge is 0.0139 e. The standard InChI is InChI=1S/C9H14/c1-2-3-6-9-7-4-5-8-9/h2-3,7H,4-6,8H2,1H3/b3-2-. The van der Waals surface area contributed by atoms with Crippen LogP contribution in [0.25, 0.3) is 0 Å². The van der Waals surface area contributed by atoms with Crippen molar-refractivity contribution in [3.63, 3.8) is 0 Å². The summed E-state index contributed by atoms with van der Waals surface area (Å²) in [6.07, 6.45) is 12.0. The summed E-state index contributed by atoms with van der Waals surface area (Å²) in [4.78, 5) is 0. The van der Waals surface area contributed by atoms with Crippen LogP contribution in [0.15, 0.2) is 23.8 Å². The molecule has 0 unspecified atom stereocenters. The third kappa shape index (κ3) is 2.05. The minimum atomic E-state index is 1.19. The first-order valence-corrected chi connectivity index (χ1v) is 3.72. The number of allylic oxidation sites excluding steroid dienone is 4. The van der Waals surface area contributed by atoms with Crippen molar-refractivity contribution >= 4 is 0 Å². The van der Waals surface area contributed by atoms with Crippen molar-refractivity contribution in [2.45, 2.75) is 32.6 Å². The molecule has 0 atom stereocenters. The fourth-order valence-corrected chi connectivity index (χ4v) is 1.19. The summed E-state index contributed by atoms with van der Waals surface area (Å²) in [5.74, 6) is 0. The summed E-state index contributed by atoms with van der Waals surface area (Å²) in [5.41, 5.74) is 1.63. The van der Waals surface area contributed by atoms with E-state index in [1.165, 1.54) is 25.7 Å². The van der Waals surface area contributed by atoms with Crippen LogP contribution in [0.3, 0.4) is 0 Å². The first-order chi connectivity index (χ1) is 4.43. The van der Waals surface area contributed by atoms with Gasteiger partial charge in [0, 0.05) is 0 Å². The van der Waals surface area contributed by atoms with E-state index in [0.29, 0.717) is 0 Å². The van der Waals surface area contributed by atoms with Crippen LogP contribution in [0.5, 0.6) is 0 Å². The van der Waals surface area contributed by atoms with Gasteiger partial charge in [-0.1, -0.05) is 23.8 Å². The van der Waals surface area contributed by atoms with Gasteiger partial charge in [0.25, 0.3) is 0 Å². The second-order valence-electron chi connectivity index (χ2n) is 2.53. The fourth-order valence-electron chi connectivity index (χ4n) is 1.19. The highest BCUT2D eigenvalue weighted by molar-refractivity contribution is 5.11. The Kier molecular flexibility index (Phi) is 2.56. The first kappa shape index (κ1) is 6.60. The van der Waals surface area contributed by atoms with Crippen molar-refractivity contribution in [1.29, 1.82) is 0 Å². The lowest BCUT2D eigenvalue weighted by molar-refractivity contribution is 0.893. The lowest BCUT2D eigenvalue weighted by atomic mass is 10.1. The summed E-state index contributed by atoms with van der Waals surface area (Å²) < 4.78 is 0. The maximum Gasteiger partial charge on any atom is -0.0139 e. The zero-order chi connectivity index (χ0) is 6.53. The normalized spacial score (nSPS) is 19.0. The van der Waals surface area contributed by atoms with E-state index in [0.717, 1.165) is 0 Å². The third-order valence-electron chi connectivity index (χ3n) is 1.75. The minimum Gasteiger partial charge on any atom is -0.0913 e. The van der Waals surface area contributed by atoms with Gasteiger partial charge in [0.05, 0.1) is 0 Å². The Morgan fingerprint density at radius 2 is 2.56 bits per heavy atom. The van der Waals surface area contributed by atoms with E-state index in [4.69, 9.17) is 0 Å². The molecule has 0 aromatic carbocycles. The molecule has 0 saturated heterocycles. The molecule has 0 aromatic heterocycles. The van der Waals surface area contributed by atoms with E-state index in [2.05, 4.69) is 25.2 Å². The molecule has 0 heterocycles. The molecule has 0 aliphatic heterocycles. The van der Waals surface area contributed by atoms with E-state index in [1.54, 1.807) is 5.57 Å². The van der Waals surface area contributed by atoms with Crippen molar-refractivity contribution < 1.29 is 0 Å². The van der Waals surface area contributed by atoms with Crippen LogP contribution in [0.2, 0.25) is 0 Å². The monoisotopic (exact) mass is 122 g/mol. The Hall–Kier alpha value is -0.520. The van der Waals surface area contributed by atoms with Gasteiger partial charge in [0.1, 0.15) is 0 Å². The van der Waals surface area contributed by atoms with Crippen LogP contribution in [-0.2, 0) is 0 Å². The second kappa shape index (κ2) is 3.49. The maximum absolute atomic E-state index is 2.38. The molecule has 0 saturated carbocycles. The predicted octanol–water partition coefficient (Wildman–Crippen LogP) is 3.06. The minimum absolute atomic E-state index is 1.19. The van der Waals surface area contributed by atoms with Crippen LogP contribution in [0, 0.1) is 0 Å². The van der Waals surface area contributed by atoms with E-state index >= 15 is 0 Å². The van der Waals surface area contributed by atoms with Crippen molar-refractivity contribution in [3.05, 3.63) is 23.8 Å². The van der Waals surface area contributed by atoms with Crippen molar-refractivity contribution in [2.75, 3.05) is 0 Å². The SMILES string of the molecule is C/C=C\CC1=CCCC1. The van der Waals surface area contributed by atoms with Gasteiger partial charge in [-0.3, -0.25) is 0 Å². The lowest BCUT2D eigenvalue weighted by Gasteiger charge is -1.91. The average molecular weight is 122 g/mol. The van der Waals surface area contributed by atoms with Gasteiger partial charge in [-0.2, -0.15) is 0 Å². The molecule has 50 valence electrons. The van der Waals surface area contributed by atoms with E-state index in [9.17, 15) is 0 Å². The van der Waals surface area contributed by atoms with Gasteiger partial charge >= 0.3 is 0 Å². The summed E-state index contributed by atoms with van der Waals surface area (Å²) in [6.45, 7) is 2.08. The molecular weight excluding hydrogens is 108 g/mol. The zero-order valence-corrected chi connectivity index (χ0v) is 6.06. The van der Waals surface area contributed by atoms with Crippen LogP contribution in [0.1, 0.15) is 32.6 Å². The molecule has 0 nitrogen and oxygen atoms in total. The lowest BCUT2D eigenvalue weighted by Crippen LogP contribution is -1.71. The highest BCUT2D eigenvalue weighted by Crippen LogP contribution is 2.20. The highest BCUT2D eigenvalue weighted by Gasteiger charge is 2.00. The summed E-state index contributed by atoms with van der Waals surface area (Å²) in [5, 5.41) is 0. The Morgan fingerprint density at radius 1 is 1.67 bits per heavy atom. The molecule has 0 amide bonds. The predicted molar refractivity (Wildman–Crippen MR) is 41.4 cm³/mol. The largest absolute Gasteiger partial charge is 0.0913 e. The topological polar surface area (TPSA) is 0 Å². The summed E-state index contributed by atoms with van der Waals surface area (Å²) >= 11 is 0. The van der Waals surface area contributed by atoms with E-state index < -0.39 is 0 Å². The highest BCUT2D eigenvalue weighted by atomic mass is 14.1. The Bertz CT molecular complexity index is 129. The van der Waals surface area contributed by atoms with Gasteiger partial charge in [-0.25, -0.2) is 0 Å². The molecule has 1 aliphatic rings. The Balaban J connectivity index is 2.26. The second-order valence-corrected chi connectivity index (χ2v) is 2.53. The molecule has 1 rings (SSSR count). The molecule has 0 N–H and O–H groups in total. The third-order valence-corrected chi connectivity index (χ3v) is 1.75. The Labute approximate surface area is 57.3 Å². The molecule has 0 heteroatoms. The van der Waals surface area contributed by atoms with Crippen LogP contribution in [0.4, 0.5) is 0 Å². The molecule has 0 fully saturated rings. The first-order valence-electron chi connectivity index (χ1n) is 3.72. The van der Waals surface area contributed by atoms with Crippen LogP contribution in [-0.4, -0.2) is 0 Å². The molecule has 0 spiro atoms. The number of rotatable bonds is 2. The summed E-state index contributed by atoms with van der Waals surface area (Å²) in [7, 11) is 0. The molecule has 0 aromatic rings. The van der Waals surface area contributed by atoms with Gasteiger partial charge in [-0.15, -0.1) is 0 Å². The van der Waals surface area contributed by atoms with Crippen molar-refractivity contribution in [3.8, 4) is 0 Å². The number of hydrogen-bond acceptors (Lipinski definition) is 0. The summed E-state index contributed by atoms with van der Waals surface area (Å²) in [6, 6.07) is 0. The van der Waals surface area contributed by atoms with Crippen molar-refractivity contribution in [1.82, 2.24) is 0 Å². The quantitative estimate of drug-likeness (QED) is 0.494. The molecule has 0 radical (unpaired) electrons.